The average molecular weight is 337 g/mol. The summed E-state index contributed by atoms with van der Waals surface area (Å²) in [6.07, 6.45) is 2.99. The van der Waals surface area contributed by atoms with Gasteiger partial charge in [-0.05, 0) is 58.7 Å². The summed E-state index contributed by atoms with van der Waals surface area (Å²) < 4.78 is 1.01. The fourth-order valence-electron chi connectivity index (χ4n) is 1.63. The number of pyridine rings is 1. The second-order valence-corrected chi connectivity index (χ2v) is 6.25. The van der Waals surface area contributed by atoms with Gasteiger partial charge in [-0.2, -0.15) is 0 Å². The molecular formula is C15H17BrN2S. The molecule has 0 radical (unpaired) electrons. The van der Waals surface area contributed by atoms with Crippen LogP contribution in [0.1, 0.15) is 18.9 Å². The molecule has 100 valence electrons. The van der Waals surface area contributed by atoms with Gasteiger partial charge in [0, 0.05) is 22.1 Å². The highest BCUT2D eigenvalue weighted by Crippen LogP contribution is 2.26. The van der Waals surface area contributed by atoms with Crippen LogP contribution in [0, 0.1) is 0 Å². The van der Waals surface area contributed by atoms with Crippen LogP contribution in [0.5, 0.6) is 0 Å². The first-order chi connectivity index (χ1) is 9.28. The zero-order chi connectivity index (χ0) is 13.5. The summed E-state index contributed by atoms with van der Waals surface area (Å²) >= 11 is 5.07. The molecule has 0 amide bonds. The second kappa shape index (κ2) is 7.68. The molecule has 0 unspecified atom stereocenters. The van der Waals surface area contributed by atoms with Gasteiger partial charge in [0.2, 0.25) is 0 Å². The first-order valence-corrected chi connectivity index (χ1v) is 7.98. The van der Waals surface area contributed by atoms with Gasteiger partial charge in [0.05, 0.1) is 0 Å². The van der Waals surface area contributed by atoms with Crippen LogP contribution < -0.4 is 5.32 Å². The Morgan fingerprint density at radius 3 is 2.58 bits per heavy atom. The van der Waals surface area contributed by atoms with Crippen molar-refractivity contribution in [2.45, 2.75) is 29.8 Å². The highest BCUT2D eigenvalue weighted by molar-refractivity contribution is 9.10. The summed E-state index contributed by atoms with van der Waals surface area (Å²) in [6.45, 7) is 4.19. The van der Waals surface area contributed by atoms with Crippen molar-refractivity contribution in [3.8, 4) is 0 Å². The quantitative estimate of drug-likeness (QED) is 0.786. The first-order valence-electron chi connectivity index (χ1n) is 6.37. The molecule has 0 bridgehead atoms. The zero-order valence-electron chi connectivity index (χ0n) is 10.9. The van der Waals surface area contributed by atoms with E-state index in [1.165, 1.54) is 16.9 Å². The van der Waals surface area contributed by atoms with Crippen LogP contribution in [0.2, 0.25) is 0 Å². The summed E-state index contributed by atoms with van der Waals surface area (Å²) in [5.41, 5.74) is 1.32. The van der Waals surface area contributed by atoms with E-state index in [1.807, 2.05) is 18.3 Å². The third-order valence-corrected chi connectivity index (χ3v) is 4.03. The number of rotatable bonds is 6. The molecule has 0 aliphatic carbocycles. The third-order valence-electron chi connectivity index (χ3n) is 2.60. The van der Waals surface area contributed by atoms with Gasteiger partial charge in [-0.15, -0.1) is 0 Å². The Hall–Kier alpha value is -0.840. The molecule has 0 spiro atoms. The van der Waals surface area contributed by atoms with Gasteiger partial charge in [0.1, 0.15) is 5.03 Å². The molecule has 2 aromatic rings. The van der Waals surface area contributed by atoms with Crippen molar-refractivity contribution in [3.05, 3.63) is 52.6 Å². The van der Waals surface area contributed by atoms with E-state index in [4.69, 9.17) is 0 Å². The molecule has 1 N–H and O–H groups in total. The predicted octanol–water partition coefficient (Wildman–Crippen LogP) is 4.49. The summed E-state index contributed by atoms with van der Waals surface area (Å²) in [4.78, 5) is 5.58. The van der Waals surface area contributed by atoms with Crippen molar-refractivity contribution in [3.63, 3.8) is 0 Å². The molecule has 1 heterocycles. The number of nitrogens with one attached hydrogen (secondary N) is 1. The molecule has 2 nitrogen and oxygen atoms in total. The summed E-state index contributed by atoms with van der Waals surface area (Å²) in [5.74, 6) is 0. The topological polar surface area (TPSA) is 24.9 Å². The van der Waals surface area contributed by atoms with E-state index in [9.17, 15) is 0 Å². The Labute approximate surface area is 127 Å². The van der Waals surface area contributed by atoms with Crippen LogP contribution in [-0.2, 0) is 6.54 Å². The smallest absolute Gasteiger partial charge is 0.101 e. The monoisotopic (exact) mass is 336 g/mol. The molecule has 4 heteroatoms. The van der Waals surface area contributed by atoms with Crippen LogP contribution in [0.4, 0.5) is 0 Å². The molecule has 0 saturated heterocycles. The van der Waals surface area contributed by atoms with Crippen molar-refractivity contribution in [2.24, 2.45) is 0 Å². The molecule has 0 aliphatic rings. The highest BCUT2D eigenvalue weighted by Gasteiger charge is 1.99. The fraction of sp³-hybridized carbons (Fsp3) is 0.267. The van der Waals surface area contributed by atoms with Gasteiger partial charge in [-0.1, -0.05) is 30.8 Å². The minimum atomic E-state index is 0.940. The minimum absolute atomic E-state index is 0.940. The first kappa shape index (κ1) is 14.6. The van der Waals surface area contributed by atoms with E-state index in [2.05, 4.69) is 57.4 Å². The lowest BCUT2D eigenvalue weighted by Crippen LogP contribution is -2.13. The molecule has 1 aromatic carbocycles. The second-order valence-electron chi connectivity index (χ2n) is 4.24. The minimum Gasteiger partial charge on any atom is -0.313 e. The van der Waals surface area contributed by atoms with E-state index in [0.29, 0.717) is 0 Å². The van der Waals surface area contributed by atoms with Crippen LogP contribution in [0.3, 0.4) is 0 Å². The lowest BCUT2D eigenvalue weighted by atomic mass is 10.2. The van der Waals surface area contributed by atoms with Gasteiger partial charge < -0.3 is 5.32 Å². The van der Waals surface area contributed by atoms with Crippen molar-refractivity contribution >= 4 is 27.7 Å². The standard InChI is InChI=1S/C15H17BrN2S/c1-2-9-17-10-12-3-6-14(7-4-12)19-15-8-5-13(16)11-18-15/h3-8,11,17H,2,9-10H2,1H3. The van der Waals surface area contributed by atoms with Crippen molar-refractivity contribution in [1.29, 1.82) is 0 Å². The lowest BCUT2D eigenvalue weighted by Gasteiger charge is -2.05. The maximum Gasteiger partial charge on any atom is 0.101 e. The summed E-state index contributed by atoms with van der Waals surface area (Å²) in [7, 11) is 0. The molecule has 2 rings (SSSR count). The Balaban J connectivity index is 1.92. The Morgan fingerprint density at radius 2 is 1.95 bits per heavy atom. The zero-order valence-corrected chi connectivity index (χ0v) is 13.3. The van der Waals surface area contributed by atoms with Gasteiger partial charge >= 0.3 is 0 Å². The lowest BCUT2D eigenvalue weighted by molar-refractivity contribution is 0.675. The van der Waals surface area contributed by atoms with Crippen LogP contribution in [0.25, 0.3) is 0 Å². The molecule has 0 aliphatic heterocycles. The average Bonchev–Trinajstić information content (AvgIpc) is 2.44. The Bertz CT molecular complexity index is 497. The number of aromatic nitrogens is 1. The van der Waals surface area contributed by atoms with Gasteiger partial charge in [0.25, 0.3) is 0 Å². The molecule has 0 saturated carbocycles. The van der Waals surface area contributed by atoms with Crippen LogP contribution >= 0.6 is 27.7 Å². The molecule has 1 aromatic heterocycles. The Kier molecular flexibility index (Phi) is 5.89. The van der Waals surface area contributed by atoms with Gasteiger partial charge in [-0.3, -0.25) is 0 Å². The van der Waals surface area contributed by atoms with E-state index in [0.717, 1.165) is 22.6 Å². The van der Waals surface area contributed by atoms with E-state index < -0.39 is 0 Å². The van der Waals surface area contributed by atoms with Crippen LogP contribution in [-0.4, -0.2) is 11.5 Å². The molecular weight excluding hydrogens is 320 g/mol. The van der Waals surface area contributed by atoms with E-state index in [-0.39, 0.29) is 0 Å². The molecule has 19 heavy (non-hydrogen) atoms. The van der Waals surface area contributed by atoms with E-state index in [1.54, 1.807) is 11.8 Å². The maximum atomic E-state index is 4.36. The van der Waals surface area contributed by atoms with Gasteiger partial charge in [0.15, 0.2) is 0 Å². The van der Waals surface area contributed by atoms with Crippen molar-refractivity contribution < 1.29 is 0 Å². The number of hydrogen-bond donors (Lipinski definition) is 1. The normalized spacial score (nSPS) is 10.6. The fourth-order valence-corrected chi connectivity index (χ4v) is 2.62. The number of halogens is 1. The number of benzene rings is 1. The summed E-state index contributed by atoms with van der Waals surface area (Å²) in [5, 5.41) is 4.42. The molecule has 0 fully saturated rings. The Morgan fingerprint density at radius 1 is 1.16 bits per heavy atom. The largest absolute Gasteiger partial charge is 0.313 e. The molecule has 0 atom stereocenters. The predicted molar refractivity (Wildman–Crippen MR) is 84.5 cm³/mol. The van der Waals surface area contributed by atoms with E-state index >= 15 is 0 Å². The van der Waals surface area contributed by atoms with Crippen molar-refractivity contribution in [1.82, 2.24) is 10.3 Å². The third kappa shape index (κ3) is 4.97. The summed E-state index contributed by atoms with van der Waals surface area (Å²) in [6, 6.07) is 12.7. The maximum absolute atomic E-state index is 4.36. The van der Waals surface area contributed by atoms with Crippen molar-refractivity contribution in [2.75, 3.05) is 6.54 Å². The SMILES string of the molecule is CCCNCc1ccc(Sc2ccc(Br)cn2)cc1. The highest BCUT2D eigenvalue weighted by atomic mass is 79.9. The number of hydrogen-bond acceptors (Lipinski definition) is 3. The van der Waals surface area contributed by atoms with Gasteiger partial charge in [-0.25, -0.2) is 4.98 Å². The number of nitrogens with zero attached hydrogens (tertiary/aromatic N) is 1. The van der Waals surface area contributed by atoms with Crippen LogP contribution in [0.15, 0.2) is 57.0 Å².